The van der Waals surface area contributed by atoms with E-state index in [-0.39, 0.29) is 0 Å². The zero-order valence-corrected chi connectivity index (χ0v) is 7.98. The molecule has 0 saturated heterocycles. The van der Waals surface area contributed by atoms with Crippen LogP contribution in [0, 0.1) is 0 Å². The standard InChI is InChI=1S/C12H11Cl/c13-12-10-8-6-4-2-1-3-5-7-9-11-12/h1-11H/b2-1-,3-1?,4-2?,5-3-,6-4-,7-5?,8-6?,9-7-,10-8-,11-9?,12-10?,12-11+. The monoisotopic (exact) mass is 190 g/mol. The maximum absolute atomic E-state index is 5.86. The van der Waals surface area contributed by atoms with Crippen molar-refractivity contribution in [3.05, 3.63) is 71.9 Å². The lowest BCUT2D eigenvalue weighted by Gasteiger charge is -1.84. The van der Waals surface area contributed by atoms with Crippen LogP contribution < -0.4 is 0 Å². The molecule has 0 saturated carbocycles. The minimum absolute atomic E-state index is 0.721. The third-order valence-electron chi connectivity index (χ3n) is 1.40. The van der Waals surface area contributed by atoms with E-state index in [2.05, 4.69) is 0 Å². The quantitative estimate of drug-likeness (QED) is 0.544. The van der Waals surface area contributed by atoms with E-state index < -0.39 is 0 Å². The predicted octanol–water partition coefficient (Wildman–Crippen LogP) is 3.90. The molecule has 0 aromatic rings. The molecule has 0 radical (unpaired) electrons. The zero-order chi connectivity index (χ0) is 9.36. The van der Waals surface area contributed by atoms with Gasteiger partial charge in [-0.1, -0.05) is 66.3 Å². The molecule has 1 rings (SSSR count). The average Bonchev–Trinajstić information content (AvgIpc) is 2.11. The Balaban J connectivity index is 2.78. The summed E-state index contributed by atoms with van der Waals surface area (Å²) in [5.74, 6) is 0. The highest BCUT2D eigenvalue weighted by Crippen LogP contribution is 2.03. The van der Waals surface area contributed by atoms with Gasteiger partial charge in [0, 0.05) is 5.03 Å². The van der Waals surface area contributed by atoms with Crippen molar-refractivity contribution < 1.29 is 0 Å². The van der Waals surface area contributed by atoms with Crippen molar-refractivity contribution in [2.24, 2.45) is 0 Å². The molecule has 1 aliphatic rings. The summed E-state index contributed by atoms with van der Waals surface area (Å²) >= 11 is 5.86. The fraction of sp³-hybridized carbons (Fsp3) is 0. The fourth-order valence-corrected chi connectivity index (χ4v) is 0.945. The SMILES string of the molecule is ClC1=C/C=C\C=C/C=C\C=C/C=C\1. The van der Waals surface area contributed by atoms with Crippen molar-refractivity contribution in [3.63, 3.8) is 0 Å². The first kappa shape index (κ1) is 9.82. The van der Waals surface area contributed by atoms with Crippen molar-refractivity contribution in [1.29, 1.82) is 0 Å². The van der Waals surface area contributed by atoms with E-state index in [0.29, 0.717) is 0 Å². The fourth-order valence-electron chi connectivity index (χ4n) is 0.800. The van der Waals surface area contributed by atoms with Gasteiger partial charge in [0.25, 0.3) is 0 Å². The molecule has 1 heteroatoms. The van der Waals surface area contributed by atoms with Crippen LogP contribution >= 0.6 is 11.6 Å². The highest BCUT2D eigenvalue weighted by Gasteiger charge is 1.78. The van der Waals surface area contributed by atoms with Crippen molar-refractivity contribution in [3.8, 4) is 0 Å². The molecule has 0 aromatic carbocycles. The second-order valence-electron chi connectivity index (χ2n) is 2.45. The first-order valence-corrected chi connectivity index (χ1v) is 4.48. The number of allylic oxidation sites excluding steroid dienone is 12. The molecule has 0 fully saturated rings. The van der Waals surface area contributed by atoms with E-state index >= 15 is 0 Å². The maximum Gasteiger partial charge on any atom is 0.0405 e. The number of halogens is 1. The van der Waals surface area contributed by atoms with Gasteiger partial charge in [-0.25, -0.2) is 0 Å². The molecular formula is C12H11Cl. The lowest BCUT2D eigenvalue weighted by molar-refractivity contribution is 1.78. The molecule has 66 valence electrons. The number of hydrogen-bond donors (Lipinski definition) is 0. The van der Waals surface area contributed by atoms with E-state index in [1.807, 2.05) is 66.8 Å². The van der Waals surface area contributed by atoms with Gasteiger partial charge in [-0.05, 0) is 12.2 Å². The Morgan fingerprint density at radius 1 is 0.615 bits per heavy atom. The van der Waals surface area contributed by atoms with Crippen LogP contribution in [0.1, 0.15) is 0 Å². The van der Waals surface area contributed by atoms with Crippen LogP contribution in [-0.2, 0) is 0 Å². The molecule has 0 aromatic heterocycles. The molecule has 0 bridgehead atoms. The lowest BCUT2D eigenvalue weighted by atomic mass is 10.3. The molecule has 0 unspecified atom stereocenters. The van der Waals surface area contributed by atoms with E-state index in [1.165, 1.54) is 0 Å². The van der Waals surface area contributed by atoms with Crippen LogP contribution in [0.25, 0.3) is 0 Å². The number of rotatable bonds is 0. The van der Waals surface area contributed by atoms with Crippen LogP contribution in [0.4, 0.5) is 0 Å². The second-order valence-corrected chi connectivity index (χ2v) is 2.89. The highest BCUT2D eigenvalue weighted by atomic mass is 35.5. The molecule has 0 nitrogen and oxygen atoms in total. The second kappa shape index (κ2) is 6.27. The van der Waals surface area contributed by atoms with Crippen LogP contribution in [0.5, 0.6) is 0 Å². The van der Waals surface area contributed by atoms with Crippen molar-refractivity contribution >= 4 is 11.6 Å². The van der Waals surface area contributed by atoms with Crippen LogP contribution in [0.3, 0.4) is 0 Å². The molecule has 0 atom stereocenters. The third-order valence-corrected chi connectivity index (χ3v) is 1.65. The third kappa shape index (κ3) is 5.05. The molecule has 0 amide bonds. The first-order chi connectivity index (χ1) is 6.39. The lowest BCUT2D eigenvalue weighted by Crippen LogP contribution is -1.62. The predicted molar refractivity (Wildman–Crippen MR) is 59.6 cm³/mol. The molecule has 13 heavy (non-hydrogen) atoms. The summed E-state index contributed by atoms with van der Waals surface area (Å²) in [6, 6.07) is 0. The highest BCUT2D eigenvalue weighted by molar-refractivity contribution is 6.31. The minimum atomic E-state index is 0.721. The number of hydrogen-bond acceptors (Lipinski definition) is 0. The summed E-state index contributed by atoms with van der Waals surface area (Å²) in [4.78, 5) is 0. The average molecular weight is 191 g/mol. The van der Waals surface area contributed by atoms with Gasteiger partial charge in [0.05, 0.1) is 0 Å². The Labute approximate surface area is 83.9 Å². The smallest absolute Gasteiger partial charge is 0.0405 e. The summed E-state index contributed by atoms with van der Waals surface area (Å²) in [7, 11) is 0. The Morgan fingerprint density at radius 3 is 1.69 bits per heavy atom. The molecular weight excluding hydrogens is 180 g/mol. The molecule has 0 N–H and O–H groups in total. The summed E-state index contributed by atoms with van der Waals surface area (Å²) in [6.07, 6.45) is 21.2. The van der Waals surface area contributed by atoms with Gasteiger partial charge >= 0.3 is 0 Å². The van der Waals surface area contributed by atoms with Gasteiger partial charge in [-0.2, -0.15) is 0 Å². The van der Waals surface area contributed by atoms with Crippen LogP contribution in [0.15, 0.2) is 71.9 Å². The normalized spacial score (nSPS) is 32.8. The molecule has 1 aliphatic carbocycles. The van der Waals surface area contributed by atoms with E-state index in [1.54, 1.807) is 0 Å². The van der Waals surface area contributed by atoms with Crippen LogP contribution in [-0.4, -0.2) is 0 Å². The Morgan fingerprint density at radius 2 is 1.08 bits per heavy atom. The summed E-state index contributed by atoms with van der Waals surface area (Å²) in [5.41, 5.74) is 0. The van der Waals surface area contributed by atoms with Gasteiger partial charge in [-0.3, -0.25) is 0 Å². The largest absolute Gasteiger partial charge is 0.0843 e. The van der Waals surface area contributed by atoms with E-state index in [0.717, 1.165) is 5.03 Å². The van der Waals surface area contributed by atoms with Gasteiger partial charge < -0.3 is 0 Å². The Bertz CT molecular complexity index is 312. The molecule has 0 aliphatic heterocycles. The Hall–Kier alpha value is -1.27. The Kier molecular flexibility index (Phi) is 4.73. The topological polar surface area (TPSA) is 0 Å². The van der Waals surface area contributed by atoms with E-state index in [4.69, 9.17) is 11.6 Å². The zero-order valence-electron chi connectivity index (χ0n) is 7.23. The summed E-state index contributed by atoms with van der Waals surface area (Å²) in [5, 5.41) is 0.721. The van der Waals surface area contributed by atoms with Crippen molar-refractivity contribution in [2.45, 2.75) is 0 Å². The minimum Gasteiger partial charge on any atom is -0.0843 e. The van der Waals surface area contributed by atoms with E-state index in [9.17, 15) is 0 Å². The van der Waals surface area contributed by atoms with Gasteiger partial charge in [-0.15, -0.1) is 0 Å². The van der Waals surface area contributed by atoms with Crippen molar-refractivity contribution in [1.82, 2.24) is 0 Å². The van der Waals surface area contributed by atoms with Crippen molar-refractivity contribution in [2.75, 3.05) is 0 Å². The maximum atomic E-state index is 5.86. The molecule has 0 spiro atoms. The summed E-state index contributed by atoms with van der Waals surface area (Å²) < 4.78 is 0. The van der Waals surface area contributed by atoms with Crippen LogP contribution in [0.2, 0.25) is 0 Å². The summed E-state index contributed by atoms with van der Waals surface area (Å²) in [6.45, 7) is 0. The first-order valence-electron chi connectivity index (χ1n) is 4.10. The van der Waals surface area contributed by atoms with Gasteiger partial charge in [0.1, 0.15) is 0 Å². The van der Waals surface area contributed by atoms with Gasteiger partial charge in [0.2, 0.25) is 0 Å². The van der Waals surface area contributed by atoms with Gasteiger partial charge in [0.15, 0.2) is 0 Å². The molecule has 0 heterocycles.